The quantitative estimate of drug-likeness (QED) is 0.563. The van der Waals surface area contributed by atoms with E-state index in [-0.39, 0.29) is 19.0 Å². The van der Waals surface area contributed by atoms with E-state index in [9.17, 15) is 4.39 Å². The van der Waals surface area contributed by atoms with E-state index in [4.69, 9.17) is 21.0 Å². The van der Waals surface area contributed by atoms with Crippen molar-refractivity contribution in [3.63, 3.8) is 0 Å². The third kappa shape index (κ3) is 4.29. The number of ether oxygens (including phenoxy) is 1. The summed E-state index contributed by atoms with van der Waals surface area (Å²) >= 11 is 0. The fourth-order valence-electron chi connectivity index (χ4n) is 1.94. The zero-order valence-corrected chi connectivity index (χ0v) is 11.5. The first-order valence-electron chi connectivity index (χ1n) is 6.55. The van der Waals surface area contributed by atoms with Crippen LogP contribution < -0.4 is 10.5 Å². The van der Waals surface area contributed by atoms with E-state index < -0.39 is 5.82 Å². The SMILES string of the molecule is N=C(N)c1cc(F)cc(COc2ccc(CCO)cc2)c1. The molecule has 21 heavy (non-hydrogen) atoms. The van der Waals surface area contributed by atoms with Gasteiger partial charge in [-0.2, -0.15) is 0 Å². The van der Waals surface area contributed by atoms with Crippen molar-refractivity contribution in [3.05, 3.63) is 65.0 Å². The normalized spacial score (nSPS) is 10.4. The van der Waals surface area contributed by atoms with Crippen LogP contribution in [0.3, 0.4) is 0 Å². The first-order valence-corrected chi connectivity index (χ1v) is 6.55. The standard InChI is InChI=1S/C16H17FN2O2/c17-14-8-12(7-13(9-14)16(18)19)10-21-15-3-1-11(2-4-15)5-6-20/h1-4,7-9,20H,5-6,10H2,(H3,18,19). The molecule has 0 fully saturated rings. The Kier molecular flexibility index (Phi) is 4.90. The summed E-state index contributed by atoms with van der Waals surface area (Å²) in [4.78, 5) is 0. The summed E-state index contributed by atoms with van der Waals surface area (Å²) in [5.74, 6) is 0.0361. The Morgan fingerprint density at radius 1 is 1.14 bits per heavy atom. The number of aliphatic hydroxyl groups is 1. The number of amidine groups is 1. The van der Waals surface area contributed by atoms with Crippen LogP contribution >= 0.6 is 0 Å². The van der Waals surface area contributed by atoms with Crippen molar-refractivity contribution in [2.45, 2.75) is 13.0 Å². The third-order valence-electron chi connectivity index (χ3n) is 3.00. The summed E-state index contributed by atoms with van der Waals surface area (Å²) in [7, 11) is 0. The maximum atomic E-state index is 13.4. The topological polar surface area (TPSA) is 79.3 Å². The molecule has 0 saturated heterocycles. The second-order valence-electron chi connectivity index (χ2n) is 4.67. The first kappa shape index (κ1) is 15.0. The number of halogens is 1. The van der Waals surface area contributed by atoms with Crippen LogP contribution in [-0.4, -0.2) is 17.5 Å². The lowest BCUT2D eigenvalue weighted by molar-refractivity contribution is 0.298. The molecule has 2 aromatic carbocycles. The van der Waals surface area contributed by atoms with Crippen molar-refractivity contribution in [3.8, 4) is 5.75 Å². The van der Waals surface area contributed by atoms with Gasteiger partial charge < -0.3 is 15.6 Å². The summed E-state index contributed by atoms with van der Waals surface area (Å²) in [5.41, 5.74) is 7.33. The Morgan fingerprint density at radius 2 is 1.86 bits per heavy atom. The highest BCUT2D eigenvalue weighted by molar-refractivity contribution is 5.95. The van der Waals surface area contributed by atoms with Gasteiger partial charge in [0.15, 0.2) is 0 Å². The van der Waals surface area contributed by atoms with Gasteiger partial charge in [0.2, 0.25) is 0 Å². The van der Waals surface area contributed by atoms with Crippen molar-refractivity contribution in [1.82, 2.24) is 0 Å². The predicted octanol–water partition coefficient (Wildman–Crippen LogP) is 2.22. The highest BCUT2D eigenvalue weighted by Gasteiger charge is 2.04. The molecule has 4 N–H and O–H groups in total. The Bertz CT molecular complexity index is 627. The highest BCUT2D eigenvalue weighted by Crippen LogP contribution is 2.16. The van der Waals surface area contributed by atoms with Gasteiger partial charge in [0.05, 0.1) is 0 Å². The Labute approximate surface area is 122 Å². The molecule has 2 aromatic rings. The van der Waals surface area contributed by atoms with Gasteiger partial charge in [0, 0.05) is 12.2 Å². The number of rotatable bonds is 6. The number of aliphatic hydroxyl groups excluding tert-OH is 1. The molecule has 2 rings (SSSR count). The van der Waals surface area contributed by atoms with Crippen molar-refractivity contribution in [2.75, 3.05) is 6.61 Å². The van der Waals surface area contributed by atoms with Gasteiger partial charge in [-0.25, -0.2) is 4.39 Å². The van der Waals surface area contributed by atoms with Gasteiger partial charge in [-0.1, -0.05) is 12.1 Å². The minimum atomic E-state index is -0.445. The second kappa shape index (κ2) is 6.85. The molecule has 0 amide bonds. The average Bonchev–Trinajstić information content (AvgIpc) is 2.46. The van der Waals surface area contributed by atoms with Crippen molar-refractivity contribution < 1.29 is 14.2 Å². The first-order chi connectivity index (χ1) is 10.1. The molecule has 0 spiro atoms. The van der Waals surface area contributed by atoms with E-state index in [2.05, 4.69) is 0 Å². The van der Waals surface area contributed by atoms with Gasteiger partial charge in [0.25, 0.3) is 0 Å². The van der Waals surface area contributed by atoms with Crippen molar-refractivity contribution in [2.24, 2.45) is 5.73 Å². The van der Waals surface area contributed by atoms with Crippen LogP contribution in [0.1, 0.15) is 16.7 Å². The van der Waals surface area contributed by atoms with E-state index in [1.807, 2.05) is 12.1 Å². The summed E-state index contributed by atoms with van der Waals surface area (Å²) in [6.07, 6.45) is 0.603. The lowest BCUT2D eigenvalue weighted by atomic mass is 10.1. The summed E-state index contributed by atoms with van der Waals surface area (Å²) in [5, 5.41) is 16.2. The average molecular weight is 288 g/mol. The van der Waals surface area contributed by atoms with Crippen LogP contribution in [0.2, 0.25) is 0 Å². The van der Waals surface area contributed by atoms with Crippen LogP contribution in [0.5, 0.6) is 5.75 Å². The molecule has 110 valence electrons. The number of hydrogen-bond donors (Lipinski definition) is 3. The molecule has 0 radical (unpaired) electrons. The third-order valence-corrected chi connectivity index (χ3v) is 3.00. The van der Waals surface area contributed by atoms with Gasteiger partial charge in [-0.15, -0.1) is 0 Å². The van der Waals surface area contributed by atoms with E-state index in [1.54, 1.807) is 18.2 Å². The zero-order valence-electron chi connectivity index (χ0n) is 11.5. The number of nitrogens with one attached hydrogen (secondary N) is 1. The molecular formula is C16H17FN2O2. The summed E-state index contributed by atoms with van der Waals surface area (Å²) in [6.45, 7) is 0.300. The number of hydrogen-bond acceptors (Lipinski definition) is 3. The van der Waals surface area contributed by atoms with Crippen LogP contribution in [0.15, 0.2) is 42.5 Å². The lowest BCUT2D eigenvalue weighted by Crippen LogP contribution is -2.12. The molecule has 0 bridgehead atoms. The Morgan fingerprint density at radius 3 is 2.48 bits per heavy atom. The maximum absolute atomic E-state index is 13.4. The van der Waals surface area contributed by atoms with Crippen molar-refractivity contribution in [1.29, 1.82) is 5.41 Å². The number of benzene rings is 2. The van der Waals surface area contributed by atoms with E-state index in [0.717, 1.165) is 5.56 Å². The zero-order chi connectivity index (χ0) is 15.2. The summed E-state index contributed by atoms with van der Waals surface area (Å²) in [6, 6.07) is 11.6. The van der Waals surface area contributed by atoms with E-state index in [0.29, 0.717) is 23.3 Å². The van der Waals surface area contributed by atoms with Crippen LogP contribution in [0.4, 0.5) is 4.39 Å². The molecule has 0 heterocycles. The fourth-order valence-corrected chi connectivity index (χ4v) is 1.94. The summed E-state index contributed by atoms with van der Waals surface area (Å²) < 4.78 is 19.0. The second-order valence-corrected chi connectivity index (χ2v) is 4.67. The van der Waals surface area contributed by atoms with Crippen LogP contribution in [-0.2, 0) is 13.0 Å². The Hall–Kier alpha value is -2.40. The minimum absolute atomic E-state index is 0.108. The molecular weight excluding hydrogens is 271 g/mol. The van der Waals surface area contributed by atoms with Gasteiger partial charge in [-0.3, -0.25) is 5.41 Å². The molecule has 0 aliphatic rings. The maximum Gasteiger partial charge on any atom is 0.124 e. The van der Waals surface area contributed by atoms with Gasteiger partial charge in [-0.05, 0) is 47.9 Å². The van der Waals surface area contributed by atoms with Crippen LogP contribution in [0, 0.1) is 11.2 Å². The molecule has 0 saturated carbocycles. The molecule has 0 atom stereocenters. The molecule has 0 aliphatic carbocycles. The van der Waals surface area contributed by atoms with E-state index in [1.165, 1.54) is 12.1 Å². The van der Waals surface area contributed by atoms with Crippen LogP contribution in [0.25, 0.3) is 0 Å². The molecule has 0 aliphatic heterocycles. The van der Waals surface area contributed by atoms with E-state index >= 15 is 0 Å². The van der Waals surface area contributed by atoms with Crippen molar-refractivity contribution >= 4 is 5.84 Å². The number of nitrogens with two attached hydrogens (primary N) is 1. The minimum Gasteiger partial charge on any atom is -0.489 e. The monoisotopic (exact) mass is 288 g/mol. The highest BCUT2D eigenvalue weighted by atomic mass is 19.1. The molecule has 5 heteroatoms. The lowest BCUT2D eigenvalue weighted by Gasteiger charge is -2.09. The molecule has 4 nitrogen and oxygen atoms in total. The Balaban J connectivity index is 2.04. The largest absolute Gasteiger partial charge is 0.489 e. The fraction of sp³-hybridized carbons (Fsp3) is 0.188. The predicted molar refractivity (Wildman–Crippen MR) is 79.0 cm³/mol. The smallest absolute Gasteiger partial charge is 0.124 e. The van der Waals surface area contributed by atoms with Gasteiger partial charge >= 0.3 is 0 Å². The number of nitrogen functional groups attached to an aromatic ring is 1. The molecule has 0 unspecified atom stereocenters. The van der Waals surface area contributed by atoms with Gasteiger partial charge in [0.1, 0.15) is 24.0 Å². The molecule has 0 aromatic heterocycles.